The number of nitrogens with one attached hydrogen (secondary N) is 2. The van der Waals surface area contributed by atoms with Crippen molar-refractivity contribution in [1.82, 2.24) is 24.8 Å². The standard InChI is InChI=1S/C24H27N5O4S/c1-7-25-20(30)16-10-14-15(11-29(6)22(31)17(14)27-16)19-21(28-23(34-19)24(4,5)32)33-18-12(2)8-9-26-13(18)3/h8-11,27,32H,7H2,1-6H3,(H,25,30). The summed E-state index contributed by atoms with van der Waals surface area (Å²) in [6.45, 7) is 9.36. The molecule has 0 atom stereocenters. The molecular formula is C24H27N5O4S. The normalized spacial score (nSPS) is 11.7. The first-order valence-corrected chi connectivity index (χ1v) is 11.7. The third kappa shape index (κ3) is 4.22. The van der Waals surface area contributed by atoms with Crippen molar-refractivity contribution in [1.29, 1.82) is 0 Å². The molecule has 0 unspecified atom stereocenters. The molecule has 0 aromatic carbocycles. The van der Waals surface area contributed by atoms with Gasteiger partial charge in [-0.2, -0.15) is 0 Å². The predicted molar refractivity (Wildman–Crippen MR) is 132 cm³/mol. The van der Waals surface area contributed by atoms with Gasteiger partial charge >= 0.3 is 0 Å². The molecule has 3 N–H and O–H groups in total. The number of carbonyl (C=O) groups is 1. The lowest BCUT2D eigenvalue weighted by Gasteiger charge is -2.12. The number of hydrogen-bond acceptors (Lipinski definition) is 7. The molecule has 34 heavy (non-hydrogen) atoms. The Morgan fingerprint density at radius 2 is 2.09 bits per heavy atom. The third-order valence-electron chi connectivity index (χ3n) is 5.39. The van der Waals surface area contributed by atoms with E-state index in [1.54, 1.807) is 39.4 Å². The fourth-order valence-electron chi connectivity index (χ4n) is 3.63. The first-order chi connectivity index (χ1) is 16.0. The highest BCUT2D eigenvalue weighted by atomic mass is 32.1. The molecule has 1 amide bonds. The van der Waals surface area contributed by atoms with E-state index in [-0.39, 0.29) is 17.2 Å². The Labute approximate surface area is 200 Å². The van der Waals surface area contributed by atoms with Crippen LogP contribution in [0.5, 0.6) is 11.6 Å². The zero-order valence-corrected chi connectivity index (χ0v) is 20.8. The second-order valence-corrected chi connectivity index (χ2v) is 9.65. The molecule has 178 valence electrons. The van der Waals surface area contributed by atoms with Gasteiger partial charge in [0, 0.05) is 36.9 Å². The van der Waals surface area contributed by atoms with Gasteiger partial charge in [-0.25, -0.2) is 4.98 Å². The average Bonchev–Trinajstić information content (AvgIpc) is 3.39. The van der Waals surface area contributed by atoms with Gasteiger partial charge in [-0.05, 0) is 52.3 Å². The summed E-state index contributed by atoms with van der Waals surface area (Å²) < 4.78 is 7.71. The maximum atomic E-state index is 12.8. The van der Waals surface area contributed by atoms with Crippen LogP contribution in [-0.2, 0) is 12.6 Å². The highest BCUT2D eigenvalue weighted by Crippen LogP contribution is 2.44. The maximum absolute atomic E-state index is 12.8. The molecule has 0 aliphatic rings. The molecule has 0 radical (unpaired) electrons. The van der Waals surface area contributed by atoms with E-state index in [0.717, 1.165) is 5.56 Å². The van der Waals surface area contributed by atoms with Gasteiger partial charge in [-0.15, -0.1) is 11.3 Å². The smallest absolute Gasteiger partial charge is 0.274 e. The quantitative estimate of drug-likeness (QED) is 0.385. The van der Waals surface area contributed by atoms with Crippen molar-refractivity contribution in [2.75, 3.05) is 6.54 Å². The molecule has 0 saturated carbocycles. The molecule has 0 spiro atoms. The Morgan fingerprint density at radius 1 is 1.35 bits per heavy atom. The van der Waals surface area contributed by atoms with Gasteiger partial charge in [-0.3, -0.25) is 14.6 Å². The number of ether oxygens (including phenoxy) is 1. The fraction of sp³-hybridized carbons (Fsp3) is 0.333. The molecule has 4 aromatic heterocycles. The monoisotopic (exact) mass is 481 g/mol. The molecule has 0 aliphatic heterocycles. The van der Waals surface area contributed by atoms with E-state index in [4.69, 9.17) is 4.74 Å². The van der Waals surface area contributed by atoms with Crippen LogP contribution in [0.2, 0.25) is 0 Å². The lowest BCUT2D eigenvalue weighted by atomic mass is 10.1. The number of rotatable bonds is 6. The van der Waals surface area contributed by atoms with Gasteiger partial charge in [0.25, 0.3) is 11.5 Å². The van der Waals surface area contributed by atoms with Crippen molar-refractivity contribution in [3.8, 4) is 22.1 Å². The van der Waals surface area contributed by atoms with Crippen LogP contribution in [-0.4, -0.2) is 37.1 Å². The second kappa shape index (κ2) is 8.69. The van der Waals surface area contributed by atoms with Crippen LogP contribution >= 0.6 is 11.3 Å². The highest BCUT2D eigenvalue weighted by molar-refractivity contribution is 7.15. The van der Waals surface area contributed by atoms with E-state index >= 15 is 0 Å². The van der Waals surface area contributed by atoms with Crippen LogP contribution in [0, 0.1) is 13.8 Å². The van der Waals surface area contributed by atoms with Gasteiger partial charge in [-0.1, -0.05) is 0 Å². The van der Waals surface area contributed by atoms with E-state index in [2.05, 4.69) is 20.3 Å². The van der Waals surface area contributed by atoms with Crippen molar-refractivity contribution in [2.45, 2.75) is 40.2 Å². The summed E-state index contributed by atoms with van der Waals surface area (Å²) in [5.41, 5.74) is 1.38. The molecule has 0 saturated heterocycles. The molecule has 4 heterocycles. The van der Waals surface area contributed by atoms with E-state index < -0.39 is 5.60 Å². The Hall–Kier alpha value is -3.50. The number of aromatic amines is 1. The number of H-pyrrole nitrogens is 1. The molecule has 4 aromatic rings. The summed E-state index contributed by atoms with van der Waals surface area (Å²) in [7, 11) is 1.64. The second-order valence-electron chi connectivity index (χ2n) is 8.65. The summed E-state index contributed by atoms with van der Waals surface area (Å²) in [5.74, 6) is 0.572. The number of thiazole rings is 1. The summed E-state index contributed by atoms with van der Waals surface area (Å²) in [5, 5.41) is 14.4. The Kier molecular flexibility index (Phi) is 6.05. The van der Waals surface area contributed by atoms with Crippen molar-refractivity contribution >= 4 is 28.1 Å². The number of carbonyl (C=O) groups excluding carboxylic acids is 1. The van der Waals surface area contributed by atoms with Crippen molar-refractivity contribution in [2.24, 2.45) is 7.05 Å². The number of fused-ring (bicyclic) bond motifs is 1. The van der Waals surface area contributed by atoms with Crippen LogP contribution in [0.15, 0.2) is 29.3 Å². The lowest BCUT2D eigenvalue weighted by Crippen LogP contribution is -2.23. The van der Waals surface area contributed by atoms with Gasteiger partial charge < -0.3 is 24.7 Å². The van der Waals surface area contributed by atoms with Crippen molar-refractivity contribution in [3.05, 3.63) is 56.8 Å². The molecule has 9 nitrogen and oxygen atoms in total. The van der Waals surface area contributed by atoms with E-state index in [0.29, 0.717) is 50.2 Å². The SMILES string of the molecule is CCNC(=O)c1cc2c(-c3sc(C(C)(C)O)nc3Oc3c(C)ccnc3C)cn(C)c(=O)c2[nH]1. The van der Waals surface area contributed by atoms with E-state index in [1.807, 2.05) is 26.8 Å². The molecule has 0 aliphatic carbocycles. The maximum Gasteiger partial charge on any atom is 0.274 e. The zero-order valence-electron chi connectivity index (χ0n) is 19.9. The molecule has 4 rings (SSSR count). The van der Waals surface area contributed by atoms with Crippen LogP contribution < -0.4 is 15.6 Å². The number of pyridine rings is 2. The Balaban J connectivity index is 1.97. The minimum Gasteiger partial charge on any atom is -0.435 e. The summed E-state index contributed by atoms with van der Waals surface area (Å²) in [4.78, 5) is 37.8. The van der Waals surface area contributed by atoms with Crippen LogP contribution in [0.3, 0.4) is 0 Å². The lowest BCUT2D eigenvalue weighted by molar-refractivity contribution is 0.0778. The first kappa shape index (κ1) is 23.7. The van der Waals surface area contributed by atoms with Crippen LogP contribution in [0.4, 0.5) is 0 Å². The number of amides is 1. The number of hydrogen-bond donors (Lipinski definition) is 3. The third-order valence-corrected chi connectivity index (χ3v) is 6.77. The summed E-state index contributed by atoms with van der Waals surface area (Å²) in [6.07, 6.45) is 3.40. The van der Waals surface area contributed by atoms with Crippen LogP contribution in [0.1, 0.15) is 47.5 Å². The van der Waals surface area contributed by atoms with Gasteiger partial charge in [0.05, 0.1) is 5.69 Å². The van der Waals surface area contributed by atoms with Crippen molar-refractivity contribution in [3.63, 3.8) is 0 Å². The highest BCUT2D eigenvalue weighted by Gasteiger charge is 2.28. The molecule has 0 fully saturated rings. The van der Waals surface area contributed by atoms with E-state index in [1.165, 1.54) is 15.9 Å². The molecular weight excluding hydrogens is 454 g/mol. The first-order valence-electron chi connectivity index (χ1n) is 10.9. The summed E-state index contributed by atoms with van der Waals surface area (Å²) in [6, 6.07) is 3.51. The topological polar surface area (TPSA) is 122 Å². The Bertz CT molecular complexity index is 1440. The molecule has 0 bridgehead atoms. The average molecular weight is 482 g/mol. The molecule has 10 heteroatoms. The van der Waals surface area contributed by atoms with E-state index in [9.17, 15) is 14.7 Å². The number of aromatic nitrogens is 4. The van der Waals surface area contributed by atoms with Crippen LogP contribution in [0.25, 0.3) is 21.3 Å². The largest absolute Gasteiger partial charge is 0.435 e. The minimum absolute atomic E-state index is 0.261. The Morgan fingerprint density at radius 3 is 2.74 bits per heavy atom. The van der Waals surface area contributed by atoms with Crippen molar-refractivity contribution < 1.29 is 14.6 Å². The fourth-order valence-corrected chi connectivity index (χ4v) is 4.65. The predicted octanol–water partition coefficient (Wildman–Crippen LogP) is 3.77. The number of aliphatic hydroxyl groups is 1. The van der Waals surface area contributed by atoms with Gasteiger partial charge in [0.2, 0.25) is 5.88 Å². The number of nitrogens with zero attached hydrogens (tertiary/aromatic N) is 3. The minimum atomic E-state index is -1.20. The van der Waals surface area contributed by atoms with Gasteiger partial charge in [0.15, 0.2) is 5.75 Å². The van der Waals surface area contributed by atoms with Gasteiger partial charge in [0.1, 0.15) is 26.7 Å². The zero-order chi connectivity index (χ0) is 24.8. The number of aryl methyl sites for hydroxylation is 3. The summed E-state index contributed by atoms with van der Waals surface area (Å²) >= 11 is 1.27.